The molecule has 0 bridgehead atoms. The predicted molar refractivity (Wildman–Crippen MR) is 109 cm³/mol. The standard InChI is InChI=1S/C19H20ClN3O3.ClH/c1-26-17-10-15(21)14(20)9-13(17)19(25)22-11-18(24)23-8-4-6-12-5-2-3-7-16(12)23;/h2-3,5,7,9-10H,4,6,8,11,21H2,1H3,(H,22,25);1H. The molecule has 2 aromatic carbocycles. The van der Waals surface area contributed by atoms with Gasteiger partial charge >= 0.3 is 0 Å². The lowest BCUT2D eigenvalue weighted by Gasteiger charge is -2.29. The molecular formula is C19H21Cl2N3O3. The van der Waals surface area contributed by atoms with Gasteiger partial charge in [0.2, 0.25) is 5.91 Å². The lowest BCUT2D eigenvalue weighted by Crippen LogP contribution is -2.42. The van der Waals surface area contributed by atoms with Gasteiger partial charge in [0.05, 0.1) is 29.9 Å². The number of carbonyl (C=O) groups excluding carboxylic acids is 2. The first-order valence-corrected chi connectivity index (χ1v) is 8.68. The van der Waals surface area contributed by atoms with E-state index in [0.29, 0.717) is 18.0 Å². The van der Waals surface area contributed by atoms with Gasteiger partial charge in [-0.1, -0.05) is 29.8 Å². The van der Waals surface area contributed by atoms with Gasteiger partial charge in [-0.2, -0.15) is 0 Å². The van der Waals surface area contributed by atoms with Crippen LogP contribution in [0.3, 0.4) is 0 Å². The Bertz CT molecular complexity index is 858. The van der Waals surface area contributed by atoms with Gasteiger partial charge in [-0.3, -0.25) is 9.59 Å². The van der Waals surface area contributed by atoms with E-state index in [1.54, 1.807) is 4.90 Å². The summed E-state index contributed by atoms with van der Waals surface area (Å²) in [5, 5.41) is 2.90. The Kier molecular flexibility index (Phi) is 6.93. The van der Waals surface area contributed by atoms with Crippen LogP contribution in [0.25, 0.3) is 0 Å². The quantitative estimate of drug-likeness (QED) is 0.759. The molecule has 2 aromatic rings. The molecule has 6 nitrogen and oxygen atoms in total. The van der Waals surface area contributed by atoms with Crippen LogP contribution in [-0.2, 0) is 11.2 Å². The van der Waals surface area contributed by atoms with Gasteiger partial charge in [-0.25, -0.2) is 0 Å². The Morgan fingerprint density at radius 1 is 1.30 bits per heavy atom. The molecule has 1 heterocycles. The first-order valence-electron chi connectivity index (χ1n) is 8.30. The van der Waals surface area contributed by atoms with Crippen molar-refractivity contribution in [3.8, 4) is 5.75 Å². The third-order valence-electron chi connectivity index (χ3n) is 4.37. The number of nitrogens with two attached hydrogens (primary N) is 1. The minimum atomic E-state index is -0.442. The molecule has 0 unspecified atom stereocenters. The summed E-state index contributed by atoms with van der Waals surface area (Å²) >= 11 is 5.99. The van der Waals surface area contributed by atoms with E-state index in [9.17, 15) is 9.59 Å². The van der Waals surface area contributed by atoms with E-state index < -0.39 is 5.91 Å². The van der Waals surface area contributed by atoms with Crippen LogP contribution in [0.4, 0.5) is 11.4 Å². The van der Waals surface area contributed by atoms with Crippen LogP contribution in [0, 0.1) is 0 Å². The van der Waals surface area contributed by atoms with Gasteiger partial charge in [0, 0.05) is 18.3 Å². The fourth-order valence-corrected chi connectivity index (χ4v) is 3.22. The van der Waals surface area contributed by atoms with Gasteiger partial charge in [0.1, 0.15) is 5.75 Å². The molecule has 3 N–H and O–H groups in total. The molecule has 0 spiro atoms. The number of nitrogen functional groups attached to an aromatic ring is 1. The van der Waals surface area contributed by atoms with Crippen molar-refractivity contribution in [2.24, 2.45) is 0 Å². The van der Waals surface area contributed by atoms with Crippen LogP contribution < -0.4 is 20.7 Å². The predicted octanol–water partition coefficient (Wildman–Crippen LogP) is 3.06. The lowest BCUT2D eigenvalue weighted by atomic mass is 10.0. The summed E-state index contributed by atoms with van der Waals surface area (Å²) in [6, 6.07) is 10.7. The molecule has 1 aliphatic heterocycles. The van der Waals surface area contributed by atoms with E-state index in [4.69, 9.17) is 22.1 Å². The topological polar surface area (TPSA) is 84.7 Å². The molecule has 0 atom stereocenters. The van der Waals surface area contributed by atoms with Crippen molar-refractivity contribution in [1.82, 2.24) is 5.32 Å². The van der Waals surface area contributed by atoms with Gasteiger partial charge in [-0.05, 0) is 30.5 Å². The Balaban J connectivity index is 0.00000261. The number of aryl methyl sites for hydroxylation is 1. The number of methoxy groups -OCH3 is 1. The number of halogens is 2. The van der Waals surface area contributed by atoms with Gasteiger partial charge in [-0.15, -0.1) is 12.4 Å². The molecule has 27 heavy (non-hydrogen) atoms. The van der Waals surface area contributed by atoms with Crippen molar-refractivity contribution < 1.29 is 14.3 Å². The molecule has 0 saturated heterocycles. The highest BCUT2D eigenvalue weighted by Crippen LogP contribution is 2.29. The maximum atomic E-state index is 12.6. The molecule has 0 fully saturated rings. The average Bonchev–Trinajstić information content (AvgIpc) is 2.67. The Morgan fingerprint density at radius 3 is 2.78 bits per heavy atom. The summed E-state index contributed by atoms with van der Waals surface area (Å²) in [4.78, 5) is 26.8. The number of rotatable bonds is 4. The minimum absolute atomic E-state index is 0. The molecule has 0 aromatic heterocycles. The second-order valence-corrected chi connectivity index (χ2v) is 6.44. The molecule has 3 rings (SSSR count). The Morgan fingerprint density at radius 2 is 2.04 bits per heavy atom. The molecule has 2 amide bonds. The van der Waals surface area contributed by atoms with Crippen molar-refractivity contribution in [3.63, 3.8) is 0 Å². The van der Waals surface area contributed by atoms with E-state index in [1.165, 1.54) is 19.2 Å². The van der Waals surface area contributed by atoms with E-state index in [1.807, 2.05) is 24.3 Å². The lowest BCUT2D eigenvalue weighted by molar-refractivity contribution is -0.117. The summed E-state index contributed by atoms with van der Waals surface area (Å²) in [6.07, 6.45) is 1.85. The second kappa shape index (κ2) is 8.97. The van der Waals surface area contributed by atoms with Crippen LogP contribution in [0.5, 0.6) is 5.75 Å². The van der Waals surface area contributed by atoms with Crippen molar-refractivity contribution in [2.75, 3.05) is 30.8 Å². The molecule has 8 heteroatoms. The van der Waals surface area contributed by atoms with Gasteiger partial charge in [0.15, 0.2) is 0 Å². The normalized spacial score (nSPS) is 12.6. The number of ether oxygens (including phenoxy) is 1. The number of nitrogens with one attached hydrogen (secondary N) is 1. The number of hydrogen-bond donors (Lipinski definition) is 2. The summed E-state index contributed by atoms with van der Waals surface area (Å²) in [5.41, 5.74) is 8.33. The zero-order valence-corrected chi connectivity index (χ0v) is 16.4. The largest absolute Gasteiger partial charge is 0.496 e. The van der Waals surface area contributed by atoms with E-state index in [0.717, 1.165) is 24.1 Å². The van der Waals surface area contributed by atoms with Crippen molar-refractivity contribution >= 4 is 47.2 Å². The van der Waals surface area contributed by atoms with Crippen molar-refractivity contribution in [1.29, 1.82) is 0 Å². The molecule has 1 aliphatic rings. The zero-order chi connectivity index (χ0) is 18.7. The van der Waals surface area contributed by atoms with E-state index in [2.05, 4.69) is 5.32 Å². The van der Waals surface area contributed by atoms with E-state index >= 15 is 0 Å². The monoisotopic (exact) mass is 409 g/mol. The number of anilines is 2. The third kappa shape index (κ3) is 4.46. The fourth-order valence-electron chi connectivity index (χ4n) is 3.05. The molecule has 0 radical (unpaired) electrons. The minimum Gasteiger partial charge on any atom is -0.496 e. The molecule has 0 saturated carbocycles. The first kappa shape index (κ1) is 20.9. The number of para-hydroxylation sites is 1. The number of benzene rings is 2. The zero-order valence-electron chi connectivity index (χ0n) is 14.8. The number of nitrogens with zero attached hydrogens (tertiary/aromatic N) is 1. The van der Waals surface area contributed by atoms with Gasteiger partial charge < -0.3 is 20.7 Å². The summed E-state index contributed by atoms with van der Waals surface area (Å²) in [7, 11) is 1.44. The van der Waals surface area contributed by atoms with Gasteiger partial charge in [0.25, 0.3) is 5.91 Å². The van der Waals surface area contributed by atoms with Crippen LogP contribution in [0.2, 0.25) is 5.02 Å². The molecule has 0 aliphatic carbocycles. The van der Waals surface area contributed by atoms with Crippen LogP contribution in [-0.4, -0.2) is 32.0 Å². The SMILES string of the molecule is COc1cc(N)c(Cl)cc1C(=O)NCC(=O)N1CCCc2ccccc21.Cl. The Hall–Kier alpha value is -2.44. The number of hydrogen-bond acceptors (Lipinski definition) is 4. The fraction of sp³-hybridized carbons (Fsp3) is 0.263. The highest BCUT2D eigenvalue weighted by molar-refractivity contribution is 6.33. The number of carbonyl (C=O) groups is 2. The third-order valence-corrected chi connectivity index (χ3v) is 4.70. The summed E-state index contributed by atoms with van der Waals surface area (Å²) in [6.45, 7) is 0.529. The van der Waals surface area contributed by atoms with Crippen LogP contribution in [0.15, 0.2) is 36.4 Å². The summed E-state index contributed by atoms with van der Waals surface area (Å²) < 4.78 is 5.18. The Labute approximate surface area is 169 Å². The first-order chi connectivity index (χ1) is 12.5. The highest BCUT2D eigenvalue weighted by Gasteiger charge is 2.23. The summed E-state index contributed by atoms with van der Waals surface area (Å²) in [5.74, 6) is -0.298. The maximum Gasteiger partial charge on any atom is 0.255 e. The number of amides is 2. The molecule has 144 valence electrons. The molecular weight excluding hydrogens is 389 g/mol. The maximum absolute atomic E-state index is 12.6. The smallest absolute Gasteiger partial charge is 0.255 e. The van der Waals surface area contributed by atoms with Crippen LogP contribution in [0.1, 0.15) is 22.3 Å². The van der Waals surface area contributed by atoms with Crippen LogP contribution >= 0.6 is 24.0 Å². The second-order valence-electron chi connectivity index (χ2n) is 6.03. The van der Waals surface area contributed by atoms with E-state index in [-0.39, 0.29) is 35.4 Å². The highest BCUT2D eigenvalue weighted by atomic mass is 35.5. The van der Waals surface area contributed by atoms with Crippen molar-refractivity contribution in [2.45, 2.75) is 12.8 Å². The number of fused-ring (bicyclic) bond motifs is 1. The average molecular weight is 410 g/mol. The van der Waals surface area contributed by atoms with Crippen molar-refractivity contribution in [3.05, 3.63) is 52.5 Å².